The molecule has 1 fully saturated rings. The molecule has 0 aliphatic carbocycles. The molecular weight excluding hydrogens is 252 g/mol. The highest BCUT2D eigenvalue weighted by molar-refractivity contribution is 5.83. The summed E-state index contributed by atoms with van der Waals surface area (Å²) in [6.07, 6.45) is 0.900. The van der Waals surface area contributed by atoms with E-state index in [1.54, 1.807) is 0 Å². The highest BCUT2D eigenvalue weighted by Gasteiger charge is 2.17. The van der Waals surface area contributed by atoms with Crippen molar-refractivity contribution < 1.29 is 9.53 Å². The third-order valence-corrected chi connectivity index (χ3v) is 3.51. The lowest BCUT2D eigenvalue weighted by Crippen LogP contribution is -2.42. The fourth-order valence-electron chi connectivity index (χ4n) is 2.51. The Balaban J connectivity index is 1.64. The number of pyridine rings is 1. The van der Waals surface area contributed by atoms with Crippen LogP contribution in [-0.2, 0) is 16.0 Å². The van der Waals surface area contributed by atoms with E-state index in [1.807, 2.05) is 36.4 Å². The number of nitrogens with zero attached hydrogens (tertiary/aromatic N) is 1. The normalized spacial score (nSPS) is 19.1. The predicted molar refractivity (Wildman–Crippen MR) is 77.7 cm³/mol. The highest BCUT2D eigenvalue weighted by atomic mass is 16.5. The standard InChI is InChI=1S/C16H18N2O2/c19-15(10-14-11-20-8-7-17-14)9-13-6-5-12-3-1-2-4-16(12)18-13/h1-6,14,17H,7-11H2. The maximum atomic E-state index is 12.1. The van der Waals surface area contributed by atoms with E-state index in [4.69, 9.17) is 4.74 Å². The van der Waals surface area contributed by atoms with Crippen LogP contribution in [-0.4, -0.2) is 36.6 Å². The van der Waals surface area contributed by atoms with Gasteiger partial charge >= 0.3 is 0 Å². The molecule has 1 unspecified atom stereocenters. The second kappa shape index (κ2) is 6.11. The number of aromatic nitrogens is 1. The second-order valence-electron chi connectivity index (χ2n) is 5.14. The maximum absolute atomic E-state index is 12.1. The van der Waals surface area contributed by atoms with Crippen LogP contribution in [0.25, 0.3) is 10.9 Å². The molecule has 4 heteroatoms. The van der Waals surface area contributed by atoms with Gasteiger partial charge in [0.05, 0.1) is 18.7 Å². The lowest BCUT2D eigenvalue weighted by Gasteiger charge is -2.23. The van der Waals surface area contributed by atoms with Gasteiger partial charge in [0.1, 0.15) is 5.78 Å². The number of carbonyl (C=O) groups excluding carboxylic acids is 1. The van der Waals surface area contributed by atoms with Crippen molar-refractivity contribution in [2.24, 2.45) is 0 Å². The van der Waals surface area contributed by atoms with Gasteiger partial charge in [0.2, 0.25) is 0 Å². The first-order valence-corrected chi connectivity index (χ1v) is 6.99. The summed E-state index contributed by atoms with van der Waals surface area (Å²) < 4.78 is 5.36. The number of fused-ring (bicyclic) bond motifs is 1. The van der Waals surface area contributed by atoms with Crippen molar-refractivity contribution in [2.75, 3.05) is 19.8 Å². The van der Waals surface area contributed by atoms with Crippen molar-refractivity contribution in [1.29, 1.82) is 0 Å². The van der Waals surface area contributed by atoms with E-state index in [2.05, 4.69) is 10.3 Å². The van der Waals surface area contributed by atoms with Crippen LogP contribution in [0.4, 0.5) is 0 Å². The summed E-state index contributed by atoms with van der Waals surface area (Å²) in [6, 6.07) is 12.1. The first-order chi connectivity index (χ1) is 9.81. The van der Waals surface area contributed by atoms with Gasteiger partial charge in [0.25, 0.3) is 0 Å². The van der Waals surface area contributed by atoms with Crippen LogP contribution < -0.4 is 5.32 Å². The Morgan fingerprint density at radius 1 is 1.30 bits per heavy atom. The van der Waals surface area contributed by atoms with Gasteiger partial charge in [-0.3, -0.25) is 9.78 Å². The summed E-state index contributed by atoms with van der Waals surface area (Å²) in [6.45, 7) is 2.18. The number of morpholine rings is 1. The van der Waals surface area contributed by atoms with Crippen LogP contribution >= 0.6 is 0 Å². The predicted octanol–water partition coefficient (Wildman–Crippen LogP) is 1.72. The quantitative estimate of drug-likeness (QED) is 0.919. The molecule has 1 N–H and O–H groups in total. The number of hydrogen-bond acceptors (Lipinski definition) is 4. The van der Waals surface area contributed by atoms with Crippen LogP contribution in [0.3, 0.4) is 0 Å². The van der Waals surface area contributed by atoms with Crippen LogP contribution in [0.1, 0.15) is 12.1 Å². The molecule has 1 aromatic heterocycles. The van der Waals surface area contributed by atoms with E-state index in [-0.39, 0.29) is 11.8 Å². The van der Waals surface area contributed by atoms with Crippen molar-refractivity contribution in [3.05, 3.63) is 42.1 Å². The van der Waals surface area contributed by atoms with E-state index in [9.17, 15) is 4.79 Å². The van der Waals surface area contributed by atoms with Crippen LogP contribution in [0.15, 0.2) is 36.4 Å². The Labute approximate surface area is 118 Å². The number of Topliss-reactive ketones (excluding diaryl/α,β-unsaturated/α-hetero) is 1. The van der Waals surface area contributed by atoms with Crippen molar-refractivity contribution in [3.63, 3.8) is 0 Å². The fraction of sp³-hybridized carbons (Fsp3) is 0.375. The van der Waals surface area contributed by atoms with E-state index in [0.717, 1.165) is 29.7 Å². The largest absolute Gasteiger partial charge is 0.379 e. The molecule has 0 saturated carbocycles. The molecule has 1 atom stereocenters. The van der Waals surface area contributed by atoms with Crippen LogP contribution in [0, 0.1) is 0 Å². The molecule has 1 saturated heterocycles. The average molecular weight is 270 g/mol. The first-order valence-electron chi connectivity index (χ1n) is 6.99. The van der Waals surface area contributed by atoms with E-state index >= 15 is 0 Å². The molecular formula is C16H18N2O2. The second-order valence-corrected chi connectivity index (χ2v) is 5.14. The minimum atomic E-state index is 0.150. The van der Waals surface area contributed by atoms with Gasteiger partial charge in [0, 0.05) is 36.5 Å². The topological polar surface area (TPSA) is 51.2 Å². The summed E-state index contributed by atoms with van der Waals surface area (Å²) in [5, 5.41) is 4.40. The number of nitrogens with one attached hydrogen (secondary N) is 1. The minimum Gasteiger partial charge on any atom is -0.379 e. The van der Waals surface area contributed by atoms with Crippen LogP contribution in [0.5, 0.6) is 0 Å². The Morgan fingerprint density at radius 2 is 2.20 bits per heavy atom. The van der Waals surface area contributed by atoms with Gasteiger partial charge in [-0.15, -0.1) is 0 Å². The van der Waals surface area contributed by atoms with Gasteiger partial charge in [-0.25, -0.2) is 0 Å². The van der Waals surface area contributed by atoms with Gasteiger partial charge in [0.15, 0.2) is 0 Å². The summed E-state index contributed by atoms with van der Waals surface area (Å²) in [5.41, 5.74) is 1.78. The molecule has 0 bridgehead atoms. The van der Waals surface area contributed by atoms with E-state index < -0.39 is 0 Å². The number of carbonyl (C=O) groups is 1. The molecule has 4 nitrogen and oxygen atoms in total. The smallest absolute Gasteiger partial charge is 0.140 e. The molecule has 0 spiro atoms. The average Bonchev–Trinajstić information content (AvgIpc) is 2.48. The zero-order valence-electron chi connectivity index (χ0n) is 11.3. The lowest BCUT2D eigenvalue weighted by molar-refractivity contribution is -0.119. The van der Waals surface area contributed by atoms with Crippen molar-refractivity contribution in [3.8, 4) is 0 Å². The molecule has 1 aliphatic rings. The molecule has 0 radical (unpaired) electrons. The summed E-state index contributed by atoms with van der Waals surface area (Å²) >= 11 is 0. The Kier molecular flexibility index (Phi) is 4.04. The molecule has 20 heavy (non-hydrogen) atoms. The van der Waals surface area contributed by atoms with Crippen molar-refractivity contribution in [1.82, 2.24) is 10.3 Å². The first kappa shape index (κ1) is 13.2. The van der Waals surface area contributed by atoms with Crippen LogP contribution in [0.2, 0.25) is 0 Å². The minimum absolute atomic E-state index is 0.150. The molecule has 2 heterocycles. The zero-order chi connectivity index (χ0) is 13.8. The summed E-state index contributed by atoms with van der Waals surface area (Å²) in [5.74, 6) is 0.204. The summed E-state index contributed by atoms with van der Waals surface area (Å²) in [7, 11) is 0. The third-order valence-electron chi connectivity index (χ3n) is 3.51. The number of hydrogen-bond donors (Lipinski definition) is 1. The molecule has 3 rings (SSSR count). The Hall–Kier alpha value is -1.78. The number of ether oxygens (including phenoxy) is 1. The Morgan fingerprint density at radius 3 is 3.05 bits per heavy atom. The van der Waals surface area contributed by atoms with Gasteiger partial charge in [-0.1, -0.05) is 24.3 Å². The highest BCUT2D eigenvalue weighted by Crippen LogP contribution is 2.13. The molecule has 2 aromatic rings. The van der Waals surface area contributed by atoms with Gasteiger partial charge in [-0.05, 0) is 12.1 Å². The lowest BCUT2D eigenvalue weighted by atomic mass is 10.1. The van der Waals surface area contributed by atoms with Crippen molar-refractivity contribution in [2.45, 2.75) is 18.9 Å². The number of para-hydroxylation sites is 1. The Bertz CT molecular complexity index is 606. The monoisotopic (exact) mass is 270 g/mol. The fourth-order valence-corrected chi connectivity index (χ4v) is 2.51. The molecule has 104 valence electrons. The van der Waals surface area contributed by atoms with E-state index in [1.165, 1.54) is 0 Å². The third kappa shape index (κ3) is 3.21. The summed E-state index contributed by atoms with van der Waals surface area (Å²) in [4.78, 5) is 16.6. The zero-order valence-corrected chi connectivity index (χ0v) is 11.3. The number of ketones is 1. The van der Waals surface area contributed by atoms with Gasteiger partial charge < -0.3 is 10.1 Å². The number of rotatable bonds is 4. The molecule has 0 amide bonds. The maximum Gasteiger partial charge on any atom is 0.140 e. The SMILES string of the molecule is O=C(Cc1ccc2ccccc2n1)CC1COCCN1. The molecule has 1 aromatic carbocycles. The van der Waals surface area contributed by atoms with Gasteiger partial charge in [-0.2, -0.15) is 0 Å². The number of benzene rings is 1. The molecule has 1 aliphatic heterocycles. The van der Waals surface area contributed by atoms with Crippen molar-refractivity contribution >= 4 is 16.7 Å². The van der Waals surface area contributed by atoms with E-state index in [0.29, 0.717) is 19.4 Å².